The zero-order valence-electron chi connectivity index (χ0n) is 12.6. The number of carbonyl (C=O) groups is 1. The van der Waals surface area contributed by atoms with Crippen molar-refractivity contribution in [1.29, 1.82) is 0 Å². The first-order valence-electron chi connectivity index (χ1n) is 6.60. The number of hydrogen-bond acceptors (Lipinski definition) is 5. The lowest BCUT2D eigenvalue weighted by Crippen LogP contribution is -2.16. The number of nitrogens with zero attached hydrogens (tertiary/aromatic N) is 3. The molecular weight excluding hydrogens is 266 g/mol. The Balaban J connectivity index is 2.21. The van der Waals surface area contributed by atoms with Crippen molar-refractivity contribution in [1.82, 2.24) is 9.97 Å². The molecule has 1 amide bonds. The third-order valence-corrected chi connectivity index (χ3v) is 3.07. The summed E-state index contributed by atoms with van der Waals surface area (Å²) in [5.74, 6) is 0.272. The molecule has 1 aromatic carbocycles. The minimum atomic E-state index is -0.284. The summed E-state index contributed by atoms with van der Waals surface area (Å²) in [6.07, 6.45) is 3.00. The molecule has 0 radical (unpaired) electrons. The first kappa shape index (κ1) is 14.8. The summed E-state index contributed by atoms with van der Waals surface area (Å²) >= 11 is 0. The summed E-state index contributed by atoms with van der Waals surface area (Å²) in [4.78, 5) is 22.4. The highest BCUT2D eigenvalue weighted by atomic mass is 16.1. The minimum Gasteiger partial charge on any atom is -0.377 e. The molecule has 0 aliphatic rings. The Hall–Kier alpha value is -2.63. The van der Waals surface area contributed by atoms with E-state index in [2.05, 4.69) is 20.6 Å². The number of hydrogen-bond donors (Lipinski definition) is 2. The van der Waals surface area contributed by atoms with Gasteiger partial charge in [-0.25, -0.2) is 4.98 Å². The smallest absolute Gasteiger partial charge is 0.275 e. The molecule has 0 atom stereocenters. The van der Waals surface area contributed by atoms with Gasteiger partial charge in [0.15, 0.2) is 0 Å². The van der Waals surface area contributed by atoms with E-state index in [0.717, 1.165) is 16.9 Å². The molecule has 0 saturated heterocycles. The first-order chi connectivity index (χ1) is 10.0. The highest BCUT2D eigenvalue weighted by Crippen LogP contribution is 2.22. The molecule has 1 aromatic heterocycles. The molecule has 0 fully saturated rings. The zero-order chi connectivity index (χ0) is 15.4. The van der Waals surface area contributed by atoms with Crippen molar-refractivity contribution >= 4 is 23.1 Å². The average Bonchev–Trinajstić information content (AvgIpc) is 2.49. The lowest BCUT2D eigenvalue weighted by molar-refractivity contribution is 0.102. The third-order valence-electron chi connectivity index (χ3n) is 3.07. The van der Waals surface area contributed by atoms with Crippen LogP contribution in [0.25, 0.3) is 0 Å². The molecule has 0 aliphatic heterocycles. The SMILES string of the molecule is CNc1cncc(C(=O)Nc2ccc(C)c(N(C)C)c2)n1. The van der Waals surface area contributed by atoms with Gasteiger partial charge in [-0.05, 0) is 24.6 Å². The molecule has 0 saturated carbocycles. The third kappa shape index (κ3) is 3.47. The summed E-state index contributed by atoms with van der Waals surface area (Å²) in [5.41, 5.74) is 3.21. The summed E-state index contributed by atoms with van der Waals surface area (Å²) in [6.45, 7) is 2.03. The fraction of sp³-hybridized carbons (Fsp3) is 0.267. The molecule has 6 heteroatoms. The van der Waals surface area contributed by atoms with Gasteiger partial charge < -0.3 is 15.5 Å². The highest BCUT2D eigenvalue weighted by Gasteiger charge is 2.10. The number of rotatable bonds is 4. The maximum absolute atomic E-state index is 12.2. The van der Waals surface area contributed by atoms with Gasteiger partial charge >= 0.3 is 0 Å². The van der Waals surface area contributed by atoms with Gasteiger partial charge in [0.25, 0.3) is 5.91 Å². The second-order valence-electron chi connectivity index (χ2n) is 4.89. The number of anilines is 3. The van der Waals surface area contributed by atoms with Crippen molar-refractivity contribution in [3.05, 3.63) is 41.9 Å². The van der Waals surface area contributed by atoms with Crippen LogP contribution in [0, 0.1) is 6.92 Å². The number of amides is 1. The molecule has 2 rings (SSSR count). The van der Waals surface area contributed by atoms with E-state index in [-0.39, 0.29) is 11.6 Å². The van der Waals surface area contributed by atoms with Crippen LogP contribution in [-0.4, -0.2) is 37.0 Å². The molecule has 0 spiro atoms. The number of aromatic nitrogens is 2. The van der Waals surface area contributed by atoms with Crippen LogP contribution < -0.4 is 15.5 Å². The number of carbonyl (C=O) groups excluding carboxylic acids is 1. The average molecular weight is 285 g/mol. The Kier molecular flexibility index (Phi) is 4.37. The van der Waals surface area contributed by atoms with Crippen molar-refractivity contribution in [2.75, 3.05) is 36.7 Å². The second kappa shape index (κ2) is 6.21. The van der Waals surface area contributed by atoms with Crippen LogP contribution in [0.5, 0.6) is 0 Å². The van der Waals surface area contributed by atoms with Gasteiger partial charge in [-0.15, -0.1) is 0 Å². The zero-order valence-corrected chi connectivity index (χ0v) is 12.6. The fourth-order valence-corrected chi connectivity index (χ4v) is 1.96. The fourth-order valence-electron chi connectivity index (χ4n) is 1.96. The van der Waals surface area contributed by atoms with Crippen LogP contribution in [-0.2, 0) is 0 Å². The minimum absolute atomic E-state index is 0.272. The summed E-state index contributed by atoms with van der Waals surface area (Å²) < 4.78 is 0. The summed E-state index contributed by atoms with van der Waals surface area (Å²) in [7, 11) is 5.67. The van der Waals surface area contributed by atoms with Crippen molar-refractivity contribution in [2.24, 2.45) is 0 Å². The standard InChI is InChI=1S/C15H19N5O/c1-10-5-6-11(7-13(10)20(3)4)18-15(21)12-8-17-9-14(16-2)19-12/h5-9H,1-4H3,(H,16,19)(H,18,21). The van der Waals surface area contributed by atoms with E-state index in [1.165, 1.54) is 6.20 Å². The van der Waals surface area contributed by atoms with E-state index in [0.29, 0.717) is 5.82 Å². The van der Waals surface area contributed by atoms with Gasteiger partial charge in [-0.3, -0.25) is 9.78 Å². The van der Waals surface area contributed by atoms with Gasteiger partial charge in [0, 0.05) is 32.5 Å². The van der Waals surface area contributed by atoms with Crippen LogP contribution in [0.15, 0.2) is 30.6 Å². The van der Waals surface area contributed by atoms with Crippen molar-refractivity contribution in [3.63, 3.8) is 0 Å². The molecule has 6 nitrogen and oxygen atoms in total. The Labute approximate surface area is 124 Å². The number of aryl methyl sites for hydroxylation is 1. The second-order valence-corrected chi connectivity index (χ2v) is 4.89. The molecule has 2 N–H and O–H groups in total. The molecule has 0 aliphatic carbocycles. The van der Waals surface area contributed by atoms with E-state index in [1.807, 2.05) is 44.1 Å². The van der Waals surface area contributed by atoms with Gasteiger partial charge in [0.1, 0.15) is 11.5 Å². The van der Waals surface area contributed by atoms with E-state index in [4.69, 9.17) is 0 Å². The summed E-state index contributed by atoms with van der Waals surface area (Å²) in [6, 6.07) is 5.78. The normalized spacial score (nSPS) is 10.1. The molecule has 2 aromatic rings. The predicted molar refractivity (Wildman–Crippen MR) is 85.0 cm³/mol. The van der Waals surface area contributed by atoms with E-state index >= 15 is 0 Å². The lowest BCUT2D eigenvalue weighted by Gasteiger charge is -2.17. The molecule has 0 unspecified atom stereocenters. The monoisotopic (exact) mass is 285 g/mol. The highest BCUT2D eigenvalue weighted by molar-refractivity contribution is 6.03. The maximum Gasteiger partial charge on any atom is 0.275 e. The Morgan fingerprint density at radius 3 is 2.67 bits per heavy atom. The number of benzene rings is 1. The molecule has 1 heterocycles. The van der Waals surface area contributed by atoms with Gasteiger partial charge in [-0.1, -0.05) is 6.07 Å². The summed E-state index contributed by atoms with van der Waals surface area (Å²) in [5, 5.41) is 5.69. The predicted octanol–water partition coefficient (Wildman–Crippen LogP) is 2.15. The molecular formula is C15H19N5O. The van der Waals surface area contributed by atoms with E-state index in [1.54, 1.807) is 13.2 Å². The van der Waals surface area contributed by atoms with Crippen LogP contribution in [0.4, 0.5) is 17.2 Å². The Bertz CT molecular complexity index is 654. The van der Waals surface area contributed by atoms with Crippen molar-refractivity contribution < 1.29 is 4.79 Å². The van der Waals surface area contributed by atoms with Crippen molar-refractivity contribution in [3.8, 4) is 0 Å². The topological polar surface area (TPSA) is 70.2 Å². The first-order valence-corrected chi connectivity index (χ1v) is 6.60. The van der Waals surface area contributed by atoms with Gasteiger partial charge in [-0.2, -0.15) is 0 Å². The molecule has 0 bridgehead atoms. The molecule has 110 valence electrons. The van der Waals surface area contributed by atoms with Crippen LogP contribution >= 0.6 is 0 Å². The van der Waals surface area contributed by atoms with Crippen LogP contribution in [0.1, 0.15) is 16.1 Å². The number of nitrogens with one attached hydrogen (secondary N) is 2. The van der Waals surface area contributed by atoms with E-state index in [9.17, 15) is 4.79 Å². The van der Waals surface area contributed by atoms with E-state index < -0.39 is 0 Å². The largest absolute Gasteiger partial charge is 0.377 e. The van der Waals surface area contributed by atoms with Crippen LogP contribution in [0.2, 0.25) is 0 Å². The Morgan fingerprint density at radius 1 is 1.24 bits per heavy atom. The quantitative estimate of drug-likeness (QED) is 0.900. The van der Waals surface area contributed by atoms with Gasteiger partial charge in [0.2, 0.25) is 0 Å². The van der Waals surface area contributed by atoms with Gasteiger partial charge in [0.05, 0.1) is 12.4 Å². The Morgan fingerprint density at radius 2 is 2.00 bits per heavy atom. The maximum atomic E-state index is 12.2. The lowest BCUT2D eigenvalue weighted by atomic mass is 10.1. The van der Waals surface area contributed by atoms with Crippen molar-refractivity contribution in [2.45, 2.75) is 6.92 Å². The molecule has 21 heavy (non-hydrogen) atoms. The van der Waals surface area contributed by atoms with Crippen LogP contribution in [0.3, 0.4) is 0 Å².